The minimum absolute atomic E-state index is 0.0478. The van der Waals surface area contributed by atoms with E-state index in [9.17, 15) is 14.0 Å². The van der Waals surface area contributed by atoms with E-state index >= 15 is 0 Å². The van der Waals surface area contributed by atoms with E-state index < -0.39 is 11.7 Å². The standard InChI is InChI=1S/C29H37FN8O2/c30-22-17-31-12-11-23(22)35-29(40)25-18-32-28-24(33-20-9-10-20)16-26(36-38(25)28)34-21-7-5-19(6-8-21)15-27(39)37-13-3-1-2-4-14-37/h11-12,16-21,33H,1-10,13-15H2,(H,34,36)(H,31,35,40). The van der Waals surface area contributed by atoms with Crippen LogP contribution in [0.2, 0.25) is 0 Å². The maximum absolute atomic E-state index is 14.1. The molecule has 2 aliphatic carbocycles. The summed E-state index contributed by atoms with van der Waals surface area (Å²) >= 11 is 0. The van der Waals surface area contributed by atoms with Gasteiger partial charge in [-0.2, -0.15) is 0 Å². The summed E-state index contributed by atoms with van der Waals surface area (Å²) in [6.07, 6.45) is 15.4. The highest BCUT2D eigenvalue weighted by atomic mass is 19.1. The van der Waals surface area contributed by atoms with Crippen molar-refractivity contribution in [3.8, 4) is 0 Å². The van der Waals surface area contributed by atoms with E-state index in [1.165, 1.54) is 35.8 Å². The number of fused-ring (bicyclic) bond motifs is 1. The molecule has 3 fully saturated rings. The van der Waals surface area contributed by atoms with Gasteiger partial charge in [0.05, 0.1) is 23.8 Å². The summed E-state index contributed by atoms with van der Waals surface area (Å²) in [6.45, 7) is 1.82. The molecule has 0 spiro atoms. The first-order valence-electron chi connectivity index (χ1n) is 14.6. The van der Waals surface area contributed by atoms with Crippen LogP contribution in [0.5, 0.6) is 0 Å². The molecular weight excluding hydrogens is 511 g/mol. The van der Waals surface area contributed by atoms with Gasteiger partial charge < -0.3 is 20.9 Å². The largest absolute Gasteiger partial charge is 0.379 e. The monoisotopic (exact) mass is 548 g/mol. The molecule has 2 saturated carbocycles. The fourth-order valence-corrected chi connectivity index (χ4v) is 5.83. The van der Waals surface area contributed by atoms with E-state index in [2.05, 4.69) is 30.8 Å². The number of hydrogen-bond acceptors (Lipinski definition) is 7. The number of nitrogens with one attached hydrogen (secondary N) is 3. The van der Waals surface area contributed by atoms with Crippen molar-refractivity contribution in [1.82, 2.24) is 24.5 Å². The molecule has 6 rings (SSSR count). The molecule has 0 aromatic carbocycles. The molecular formula is C29H37FN8O2. The molecule has 0 unspecified atom stereocenters. The van der Waals surface area contributed by atoms with E-state index in [1.54, 1.807) is 0 Å². The first-order chi connectivity index (χ1) is 19.5. The van der Waals surface area contributed by atoms with Gasteiger partial charge in [0.2, 0.25) is 5.91 Å². The Hall–Kier alpha value is -3.76. The van der Waals surface area contributed by atoms with Gasteiger partial charge in [0.15, 0.2) is 17.2 Å². The van der Waals surface area contributed by atoms with Gasteiger partial charge in [-0.05, 0) is 63.4 Å². The fraction of sp³-hybridized carbons (Fsp3) is 0.552. The third kappa shape index (κ3) is 6.18. The number of nitrogens with zero attached hydrogens (tertiary/aromatic N) is 5. The van der Waals surface area contributed by atoms with Gasteiger partial charge in [0, 0.05) is 43.9 Å². The number of carbonyl (C=O) groups excluding carboxylic acids is 2. The summed E-state index contributed by atoms with van der Waals surface area (Å²) in [5.41, 5.74) is 1.62. The molecule has 0 bridgehead atoms. The number of pyridine rings is 1. The Morgan fingerprint density at radius 1 is 0.925 bits per heavy atom. The summed E-state index contributed by atoms with van der Waals surface area (Å²) in [7, 11) is 0. The van der Waals surface area contributed by atoms with E-state index in [-0.39, 0.29) is 17.4 Å². The van der Waals surface area contributed by atoms with Crippen molar-refractivity contribution < 1.29 is 14.0 Å². The zero-order chi connectivity index (χ0) is 27.5. The van der Waals surface area contributed by atoms with Gasteiger partial charge in [-0.25, -0.2) is 13.9 Å². The van der Waals surface area contributed by atoms with Crippen LogP contribution in [-0.4, -0.2) is 61.5 Å². The number of amides is 2. The second-order valence-electron chi connectivity index (χ2n) is 11.4. The molecule has 0 radical (unpaired) electrons. The van der Waals surface area contributed by atoms with Gasteiger partial charge in [-0.15, -0.1) is 5.10 Å². The predicted molar refractivity (Wildman–Crippen MR) is 151 cm³/mol. The average Bonchev–Trinajstić information content (AvgIpc) is 3.72. The van der Waals surface area contributed by atoms with Crippen LogP contribution in [0.25, 0.3) is 5.65 Å². The van der Waals surface area contributed by atoms with Crippen molar-refractivity contribution in [3.63, 3.8) is 0 Å². The summed E-state index contributed by atoms with van der Waals surface area (Å²) in [5.74, 6) is 0.281. The smallest absolute Gasteiger partial charge is 0.276 e. The van der Waals surface area contributed by atoms with Gasteiger partial charge >= 0.3 is 0 Å². The lowest BCUT2D eigenvalue weighted by molar-refractivity contribution is -0.132. The minimum Gasteiger partial charge on any atom is -0.379 e. The number of rotatable bonds is 8. The first kappa shape index (κ1) is 26.5. The lowest BCUT2D eigenvalue weighted by atomic mass is 9.84. The van der Waals surface area contributed by atoms with Gasteiger partial charge in [-0.3, -0.25) is 14.6 Å². The van der Waals surface area contributed by atoms with Crippen molar-refractivity contribution in [2.45, 2.75) is 82.7 Å². The molecule has 3 aromatic heterocycles. The average molecular weight is 549 g/mol. The van der Waals surface area contributed by atoms with Crippen LogP contribution in [0.1, 0.15) is 81.1 Å². The maximum Gasteiger partial charge on any atom is 0.276 e. The SMILES string of the molecule is O=C(Nc1ccncc1F)c1cnc2c(NC3CC3)cc(NC3CCC(CC(=O)N4CCCCCC4)CC3)nn12. The molecule has 2 amide bonds. The van der Waals surface area contributed by atoms with Gasteiger partial charge in [-0.1, -0.05) is 12.8 Å². The zero-order valence-electron chi connectivity index (χ0n) is 22.7. The number of likely N-dealkylation sites (tertiary alicyclic amines) is 1. The topological polar surface area (TPSA) is 117 Å². The molecule has 212 valence electrons. The Morgan fingerprint density at radius 2 is 1.65 bits per heavy atom. The van der Waals surface area contributed by atoms with Crippen LogP contribution in [0.15, 0.2) is 30.7 Å². The molecule has 40 heavy (non-hydrogen) atoms. The Morgan fingerprint density at radius 3 is 2.38 bits per heavy atom. The van der Waals surface area contributed by atoms with Gasteiger partial charge in [0.1, 0.15) is 5.82 Å². The minimum atomic E-state index is -0.611. The second kappa shape index (κ2) is 11.8. The Kier molecular flexibility index (Phi) is 7.79. The van der Waals surface area contributed by atoms with Crippen molar-refractivity contribution in [3.05, 3.63) is 42.2 Å². The first-order valence-corrected chi connectivity index (χ1v) is 14.6. The molecule has 10 nitrogen and oxygen atoms in total. The zero-order valence-corrected chi connectivity index (χ0v) is 22.7. The third-order valence-electron chi connectivity index (χ3n) is 8.28. The highest BCUT2D eigenvalue weighted by Crippen LogP contribution is 2.32. The van der Waals surface area contributed by atoms with Crippen molar-refractivity contribution in [2.75, 3.05) is 29.0 Å². The van der Waals surface area contributed by atoms with E-state index in [1.807, 2.05) is 6.07 Å². The fourth-order valence-electron chi connectivity index (χ4n) is 5.83. The number of carbonyl (C=O) groups is 2. The van der Waals surface area contributed by atoms with E-state index in [0.717, 1.165) is 76.3 Å². The van der Waals surface area contributed by atoms with Crippen molar-refractivity contribution >= 4 is 34.7 Å². The van der Waals surface area contributed by atoms with Crippen LogP contribution < -0.4 is 16.0 Å². The number of hydrogen-bond donors (Lipinski definition) is 3. The molecule has 3 N–H and O–H groups in total. The number of aromatic nitrogens is 4. The quantitative estimate of drug-likeness (QED) is 0.368. The van der Waals surface area contributed by atoms with Crippen LogP contribution in [0.3, 0.4) is 0 Å². The summed E-state index contributed by atoms with van der Waals surface area (Å²) in [4.78, 5) is 36.2. The van der Waals surface area contributed by atoms with Crippen molar-refractivity contribution in [1.29, 1.82) is 0 Å². The number of halogens is 1. The molecule has 1 aliphatic heterocycles. The number of anilines is 3. The Labute approximate surface area is 233 Å². The Balaban J connectivity index is 1.13. The second-order valence-corrected chi connectivity index (χ2v) is 11.4. The normalized spacial score (nSPS) is 21.6. The van der Waals surface area contributed by atoms with E-state index in [0.29, 0.717) is 35.8 Å². The molecule has 3 aromatic rings. The number of imidazole rings is 1. The summed E-state index contributed by atoms with van der Waals surface area (Å²) in [5, 5.41) is 14.4. The summed E-state index contributed by atoms with van der Waals surface area (Å²) in [6, 6.07) is 3.99. The lowest BCUT2D eigenvalue weighted by Gasteiger charge is -2.30. The highest BCUT2D eigenvalue weighted by Gasteiger charge is 2.28. The van der Waals surface area contributed by atoms with Crippen LogP contribution >= 0.6 is 0 Å². The summed E-state index contributed by atoms with van der Waals surface area (Å²) < 4.78 is 15.6. The molecule has 4 heterocycles. The van der Waals surface area contributed by atoms with E-state index in [4.69, 9.17) is 5.10 Å². The van der Waals surface area contributed by atoms with Crippen LogP contribution in [-0.2, 0) is 4.79 Å². The Bertz CT molecular complexity index is 1360. The molecule has 1 saturated heterocycles. The highest BCUT2D eigenvalue weighted by molar-refractivity contribution is 6.03. The third-order valence-corrected chi connectivity index (χ3v) is 8.28. The molecule has 11 heteroatoms. The van der Waals surface area contributed by atoms with Crippen LogP contribution in [0.4, 0.5) is 21.6 Å². The van der Waals surface area contributed by atoms with Crippen LogP contribution in [0, 0.1) is 11.7 Å². The lowest BCUT2D eigenvalue weighted by Crippen LogP contribution is -2.34. The molecule has 0 atom stereocenters. The van der Waals surface area contributed by atoms with Crippen molar-refractivity contribution in [2.24, 2.45) is 5.92 Å². The maximum atomic E-state index is 14.1. The molecule has 3 aliphatic rings. The predicted octanol–water partition coefficient (Wildman–Crippen LogP) is 4.85. The van der Waals surface area contributed by atoms with Gasteiger partial charge in [0.25, 0.3) is 5.91 Å².